The third kappa shape index (κ3) is 5.17. The first-order valence-electron chi connectivity index (χ1n) is 7.24. The van der Waals surface area contributed by atoms with Crippen molar-refractivity contribution >= 4 is 12.0 Å². The van der Waals surface area contributed by atoms with Crippen LogP contribution >= 0.6 is 0 Å². The van der Waals surface area contributed by atoms with Gasteiger partial charge in [0.1, 0.15) is 5.60 Å². The molecule has 4 N–H and O–H groups in total. The predicted octanol–water partition coefficient (Wildman–Crippen LogP) is 1.58. The maximum atomic E-state index is 12.4. The van der Waals surface area contributed by atoms with E-state index >= 15 is 0 Å². The van der Waals surface area contributed by atoms with Gasteiger partial charge in [0.05, 0.1) is 5.54 Å². The Morgan fingerprint density at radius 2 is 1.86 bits per heavy atom. The van der Waals surface area contributed by atoms with Gasteiger partial charge in [-0.25, -0.2) is 10.6 Å². The average Bonchev–Trinajstić information content (AvgIpc) is 2.44. The van der Waals surface area contributed by atoms with Crippen molar-refractivity contribution < 1.29 is 15.7 Å². The van der Waals surface area contributed by atoms with Crippen molar-refractivity contribution in [1.82, 2.24) is 5.01 Å². The van der Waals surface area contributed by atoms with Crippen LogP contribution in [0.1, 0.15) is 34.6 Å². The highest BCUT2D eigenvalue weighted by molar-refractivity contribution is 5.96. The molecule has 1 rings (SSSR count). The van der Waals surface area contributed by atoms with E-state index in [1.54, 1.807) is 45.0 Å². The van der Waals surface area contributed by atoms with E-state index in [0.29, 0.717) is 5.01 Å². The van der Waals surface area contributed by atoms with Crippen LogP contribution in [-0.2, 0) is 16.0 Å². The number of nitrogens with two attached hydrogens (primary N) is 2. The van der Waals surface area contributed by atoms with Crippen molar-refractivity contribution in [3.8, 4) is 0 Å². The molecule has 0 heterocycles. The van der Waals surface area contributed by atoms with Gasteiger partial charge in [0.2, 0.25) is 0 Å². The highest BCUT2D eigenvalue weighted by Crippen LogP contribution is 2.15. The lowest BCUT2D eigenvalue weighted by Gasteiger charge is -2.29. The van der Waals surface area contributed by atoms with Gasteiger partial charge in [-0.2, -0.15) is 5.01 Å². The molecule has 0 saturated heterocycles. The van der Waals surface area contributed by atoms with Gasteiger partial charge in [0.25, 0.3) is 5.91 Å². The number of hydrogen-bond donors (Lipinski definition) is 2. The van der Waals surface area contributed by atoms with Crippen molar-refractivity contribution in [2.24, 2.45) is 11.6 Å². The maximum Gasteiger partial charge on any atom is 0.431 e. The topological polar surface area (TPSA) is 98.7 Å². The third-order valence-corrected chi connectivity index (χ3v) is 2.60. The summed E-state index contributed by atoms with van der Waals surface area (Å²) in [5, 5.41) is 0.350. The van der Waals surface area contributed by atoms with Gasteiger partial charge in [-0.3, -0.25) is 4.79 Å². The Bertz CT molecular complexity index is 531. The molecule has 2 amide bonds. The fourth-order valence-electron chi connectivity index (χ4n) is 1.67. The summed E-state index contributed by atoms with van der Waals surface area (Å²) in [6.07, 6.45) is -0.888. The zero-order valence-electron chi connectivity index (χ0n) is 13.6. The first kappa shape index (κ1) is 15.5. The number of hydrazine groups is 1. The van der Waals surface area contributed by atoms with Crippen LogP contribution in [0.3, 0.4) is 0 Å². The molecule has 0 fully saturated rings. The van der Waals surface area contributed by atoms with Crippen molar-refractivity contribution in [2.75, 3.05) is 0 Å². The van der Waals surface area contributed by atoms with E-state index in [1.807, 2.05) is 6.07 Å². The number of ether oxygens (including phenoxy) is 1. The molecule has 0 radical (unpaired) electrons. The van der Waals surface area contributed by atoms with Crippen LogP contribution < -0.4 is 11.6 Å². The van der Waals surface area contributed by atoms with Crippen LogP contribution in [-0.4, -0.2) is 28.1 Å². The summed E-state index contributed by atoms with van der Waals surface area (Å²) in [6, 6.07) is 9.02. The molecule has 6 nitrogen and oxygen atoms in total. The molecule has 0 aromatic heterocycles. The Hall–Kier alpha value is -1.92. The van der Waals surface area contributed by atoms with Gasteiger partial charge >= 0.3 is 6.09 Å². The summed E-state index contributed by atoms with van der Waals surface area (Å²) >= 11 is 0. The number of carbonyl (C=O) groups is 2. The highest BCUT2D eigenvalue weighted by Gasteiger charge is 2.36. The van der Waals surface area contributed by atoms with Crippen LogP contribution in [0.5, 0.6) is 0 Å². The Labute approximate surface area is 126 Å². The Kier molecular flexibility index (Phi) is 4.59. The molecular weight excluding hydrogens is 270 g/mol. The van der Waals surface area contributed by atoms with Gasteiger partial charge < -0.3 is 10.5 Å². The summed E-state index contributed by atoms with van der Waals surface area (Å²) < 4.78 is 12.6. The Morgan fingerprint density at radius 3 is 2.33 bits per heavy atom. The molecule has 21 heavy (non-hydrogen) atoms. The second-order valence-corrected chi connectivity index (χ2v) is 5.97. The lowest BCUT2D eigenvalue weighted by Crippen LogP contribution is -2.59. The minimum absolute atomic E-state index is 0.104. The fourth-order valence-corrected chi connectivity index (χ4v) is 1.67. The smallest absolute Gasteiger partial charge is 0.431 e. The molecule has 0 bridgehead atoms. The number of hydrogen-bond acceptors (Lipinski definition) is 5. The molecule has 0 saturated carbocycles. The van der Waals surface area contributed by atoms with E-state index < -0.39 is 30.0 Å². The maximum absolute atomic E-state index is 12.4. The van der Waals surface area contributed by atoms with E-state index in [2.05, 4.69) is 0 Å². The van der Waals surface area contributed by atoms with Crippen molar-refractivity contribution in [3.05, 3.63) is 35.9 Å². The van der Waals surface area contributed by atoms with Gasteiger partial charge in [-0.05, 0) is 39.7 Å². The van der Waals surface area contributed by atoms with Crippen LogP contribution in [0.2, 0.25) is 0 Å². The Balaban J connectivity index is 2.88. The Morgan fingerprint density at radius 1 is 1.29 bits per heavy atom. The number of carbonyl (C=O) groups excluding carboxylic acids is 2. The largest absolute Gasteiger partial charge is 0.442 e. The molecule has 1 aromatic rings. The molecule has 0 unspecified atom stereocenters. The van der Waals surface area contributed by atoms with Crippen LogP contribution in [0, 0.1) is 0 Å². The molecule has 1 aromatic carbocycles. The molecule has 1 atom stereocenters. The van der Waals surface area contributed by atoms with Crippen LogP contribution in [0.25, 0.3) is 0 Å². The third-order valence-electron chi connectivity index (χ3n) is 2.60. The SMILES string of the molecule is [2H]C[C@](N)(Cc1ccccc1)C(=O)N(N)C(=O)OC(C)(C)C. The van der Waals surface area contributed by atoms with E-state index in [-0.39, 0.29) is 6.42 Å². The van der Waals surface area contributed by atoms with E-state index in [0.717, 1.165) is 5.56 Å². The number of rotatable bonds is 3. The van der Waals surface area contributed by atoms with Crippen LogP contribution in [0.15, 0.2) is 30.3 Å². The van der Waals surface area contributed by atoms with E-state index in [9.17, 15) is 9.59 Å². The standard InChI is InChI=1S/C15H23N3O3/c1-14(2,3)21-13(20)18(17)12(19)15(4,16)10-11-8-6-5-7-9-11/h5-9H,10,16-17H2,1-4H3/t15-/m0/s1/i4D. The highest BCUT2D eigenvalue weighted by atomic mass is 16.6. The monoisotopic (exact) mass is 294 g/mol. The molecular formula is C15H23N3O3. The van der Waals surface area contributed by atoms with Gasteiger partial charge in [0, 0.05) is 1.37 Å². The van der Waals surface area contributed by atoms with Gasteiger partial charge in [-0.1, -0.05) is 30.3 Å². The van der Waals surface area contributed by atoms with Gasteiger partial charge in [-0.15, -0.1) is 0 Å². The van der Waals surface area contributed by atoms with Crippen molar-refractivity contribution in [1.29, 1.82) is 0 Å². The fraction of sp³-hybridized carbons (Fsp3) is 0.467. The summed E-state index contributed by atoms with van der Waals surface area (Å²) in [5.41, 5.74) is 4.41. The van der Waals surface area contributed by atoms with Crippen LogP contribution in [0.4, 0.5) is 4.79 Å². The second kappa shape index (κ2) is 6.24. The van der Waals surface area contributed by atoms with E-state index in [1.165, 1.54) is 0 Å². The number of imide groups is 1. The quantitative estimate of drug-likeness (QED) is 0.501. The molecule has 0 aliphatic rings. The zero-order chi connectivity index (χ0) is 17.0. The minimum Gasteiger partial charge on any atom is -0.442 e. The number of amides is 2. The lowest BCUT2D eigenvalue weighted by molar-refractivity contribution is -0.135. The second-order valence-electron chi connectivity index (χ2n) is 5.97. The molecule has 6 heteroatoms. The average molecular weight is 294 g/mol. The zero-order valence-corrected chi connectivity index (χ0v) is 12.6. The molecule has 116 valence electrons. The first-order valence-corrected chi connectivity index (χ1v) is 6.53. The summed E-state index contributed by atoms with van der Waals surface area (Å²) in [6.45, 7) is 4.57. The van der Waals surface area contributed by atoms with Crippen molar-refractivity contribution in [2.45, 2.75) is 45.2 Å². The minimum atomic E-state index is -1.59. The normalized spacial score (nSPS) is 14.8. The lowest BCUT2D eigenvalue weighted by atomic mass is 9.93. The number of benzene rings is 1. The number of nitrogens with zero attached hydrogens (tertiary/aromatic N) is 1. The molecule has 0 spiro atoms. The predicted molar refractivity (Wildman–Crippen MR) is 80.0 cm³/mol. The molecule has 0 aliphatic carbocycles. The van der Waals surface area contributed by atoms with E-state index in [4.69, 9.17) is 17.7 Å². The molecule has 0 aliphatic heterocycles. The summed E-state index contributed by atoms with van der Waals surface area (Å²) in [5.74, 6) is 4.68. The summed E-state index contributed by atoms with van der Waals surface area (Å²) in [7, 11) is 0. The van der Waals surface area contributed by atoms with Crippen molar-refractivity contribution in [3.63, 3.8) is 0 Å². The first-order chi connectivity index (χ1) is 10.1. The van der Waals surface area contributed by atoms with Gasteiger partial charge in [0.15, 0.2) is 0 Å². The summed E-state index contributed by atoms with van der Waals surface area (Å²) in [4.78, 5) is 24.2.